The number of aryl methyl sites for hydroxylation is 1. The fourth-order valence-corrected chi connectivity index (χ4v) is 1.47. The smallest absolute Gasteiger partial charge is 0.164 e. The van der Waals surface area contributed by atoms with Gasteiger partial charge >= 0.3 is 0 Å². The van der Waals surface area contributed by atoms with E-state index in [1.165, 1.54) is 18.5 Å². The molecule has 5 nitrogen and oxygen atoms in total. The molecule has 2 rings (SSSR count). The minimum atomic E-state index is -0.406. The van der Waals surface area contributed by atoms with Crippen molar-refractivity contribution >= 4 is 0 Å². The third-order valence-electron chi connectivity index (χ3n) is 2.38. The molecule has 0 amide bonds. The lowest BCUT2D eigenvalue weighted by molar-refractivity contribution is 0.288. The van der Waals surface area contributed by atoms with E-state index < -0.39 is 5.82 Å². The van der Waals surface area contributed by atoms with Crippen LogP contribution in [0.5, 0.6) is 5.75 Å². The minimum Gasteiger partial charge on any atom is -0.485 e. The van der Waals surface area contributed by atoms with Crippen LogP contribution in [0.15, 0.2) is 24.5 Å². The Morgan fingerprint density at radius 2 is 2.26 bits per heavy atom. The van der Waals surface area contributed by atoms with Crippen LogP contribution in [0, 0.1) is 17.7 Å². The first-order chi connectivity index (χ1) is 9.19. The van der Waals surface area contributed by atoms with Gasteiger partial charge in [0.15, 0.2) is 5.82 Å². The highest BCUT2D eigenvalue weighted by Crippen LogP contribution is 2.16. The van der Waals surface area contributed by atoms with Crippen LogP contribution in [0.4, 0.5) is 4.39 Å². The van der Waals surface area contributed by atoms with Gasteiger partial charge in [-0.15, -0.1) is 0 Å². The van der Waals surface area contributed by atoms with E-state index in [2.05, 4.69) is 21.9 Å². The van der Waals surface area contributed by atoms with Gasteiger partial charge in [0, 0.05) is 18.7 Å². The van der Waals surface area contributed by atoms with Gasteiger partial charge in [0.25, 0.3) is 0 Å². The van der Waals surface area contributed by atoms with E-state index in [0.717, 1.165) is 0 Å². The van der Waals surface area contributed by atoms with E-state index in [0.29, 0.717) is 17.1 Å². The molecule has 19 heavy (non-hydrogen) atoms. The summed E-state index contributed by atoms with van der Waals surface area (Å²) in [5, 5.41) is 3.92. The Balaban J connectivity index is 2.12. The normalized spacial score (nSPS) is 9.84. The number of ether oxygens (including phenoxy) is 1. The molecule has 0 saturated heterocycles. The van der Waals surface area contributed by atoms with Gasteiger partial charge in [0.1, 0.15) is 24.5 Å². The number of nitrogens with two attached hydrogens (primary N) is 1. The van der Waals surface area contributed by atoms with Crippen molar-refractivity contribution in [2.24, 2.45) is 12.8 Å². The van der Waals surface area contributed by atoms with E-state index in [4.69, 9.17) is 10.5 Å². The second-order valence-corrected chi connectivity index (χ2v) is 3.77. The Bertz CT molecular complexity index is 627. The molecule has 0 atom stereocenters. The second kappa shape index (κ2) is 5.98. The van der Waals surface area contributed by atoms with Gasteiger partial charge in [0.05, 0.1) is 6.54 Å². The SMILES string of the molecule is Cn1ncnc1COc1cc(F)cc(C#CCN)c1. The van der Waals surface area contributed by atoms with Crippen molar-refractivity contribution in [2.45, 2.75) is 6.61 Å². The summed E-state index contributed by atoms with van der Waals surface area (Å²) in [7, 11) is 1.76. The summed E-state index contributed by atoms with van der Waals surface area (Å²) < 4.78 is 20.4. The molecule has 0 bridgehead atoms. The first-order valence-corrected chi connectivity index (χ1v) is 5.64. The van der Waals surface area contributed by atoms with Gasteiger partial charge in [-0.3, -0.25) is 4.68 Å². The number of hydrogen-bond donors (Lipinski definition) is 1. The number of benzene rings is 1. The van der Waals surface area contributed by atoms with Crippen LogP contribution in [0.25, 0.3) is 0 Å². The van der Waals surface area contributed by atoms with Crippen molar-refractivity contribution < 1.29 is 9.13 Å². The fourth-order valence-electron chi connectivity index (χ4n) is 1.47. The average Bonchev–Trinajstić information content (AvgIpc) is 2.79. The lowest BCUT2D eigenvalue weighted by Crippen LogP contribution is -2.04. The maximum absolute atomic E-state index is 13.4. The molecule has 1 heterocycles. The quantitative estimate of drug-likeness (QED) is 0.831. The standard InChI is InChI=1S/C13H13FN4O/c1-18-13(16-9-17-18)8-19-12-6-10(3-2-4-15)5-11(14)7-12/h5-7,9H,4,8,15H2,1H3. The summed E-state index contributed by atoms with van der Waals surface area (Å²) in [6.07, 6.45) is 1.43. The van der Waals surface area contributed by atoms with Gasteiger partial charge in [-0.25, -0.2) is 9.37 Å². The van der Waals surface area contributed by atoms with Crippen LogP contribution in [-0.4, -0.2) is 21.3 Å². The highest BCUT2D eigenvalue weighted by Gasteiger charge is 2.04. The Morgan fingerprint density at radius 3 is 2.95 bits per heavy atom. The molecule has 2 N–H and O–H groups in total. The summed E-state index contributed by atoms with van der Waals surface area (Å²) in [5.41, 5.74) is 5.80. The van der Waals surface area contributed by atoms with Crippen molar-refractivity contribution in [3.8, 4) is 17.6 Å². The zero-order valence-electron chi connectivity index (χ0n) is 10.4. The van der Waals surface area contributed by atoms with E-state index in [1.807, 2.05) is 0 Å². The molecular formula is C13H13FN4O. The number of rotatable bonds is 3. The van der Waals surface area contributed by atoms with E-state index in [1.54, 1.807) is 17.8 Å². The predicted molar refractivity (Wildman–Crippen MR) is 67.7 cm³/mol. The topological polar surface area (TPSA) is 66.0 Å². The number of nitrogens with zero attached hydrogens (tertiary/aromatic N) is 3. The molecule has 0 aliphatic heterocycles. The van der Waals surface area contributed by atoms with Gasteiger partial charge < -0.3 is 10.5 Å². The summed E-state index contributed by atoms with van der Waals surface area (Å²) in [5.74, 6) is 6.07. The number of hydrogen-bond acceptors (Lipinski definition) is 4. The third-order valence-corrected chi connectivity index (χ3v) is 2.38. The number of aromatic nitrogens is 3. The fraction of sp³-hybridized carbons (Fsp3) is 0.231. The average molecular weight is 260 g/mol. The van der Waals surface area contributed by atoms with E-state index in [9.17, 15) is 4.39 Å². The van der Waals surface area contributed by atoms with Crippen molar-refractivity contribution in [2.75, 3.05) is 6.54 Å². The van der Waals surface area contributed by atoms with Crippen LogP contribution >= 0.6 is 0 Å². The lowest BCUT2D eigenvalue weighted by Gasteiger charge is -2.06. The molecule has 1 aromatic heterocycles. The van der Waals surface area contributed by atoms with E-state index >= 15 is 0 Å². The maximum atomic E-state index is 13.4. The molecule has 0 spiro atoms. The Morgan fingerprint density at radius 1 is 1.42 bits per heavy atom. The van der Waals surface area contributed by atoms with Gasteiger partial charge in [-0.05, 0) is 12.1 Å². The van der Waals surface area contributed by atoms with E-state index in [-0.39, 0.29) is 13.2 Å². The van der Waals surface area contributed by atoms with Crippen LogP contribution in [0.1, 0.15) is 11.4 Å². The zero-order valence-corrected chi connectivity index (χ0v) is 10.4. The molecule has 1 aromatic carbocycles. The molecule has 6 heteroatoms. The summed E-state index contributed by atoms with van der Waals surface area (Å²) in [4.78, 5) is 4.01. The van der Waals surface area contributed by atoms with Crippen LogP contribution in [0.2, 0.25) is 0 Å². The predicted octanol–water partition coefficient (Wildman–Crippen LogP) is 0.843. The first kappa shape index (κ1) is 13.1. The molecule has 0 saturated carbocycles. The summed E-state index contributed by atoms with van der Waals surface area (Å²) in [6, 6.07) is 4.28. The Kier molecular flexibility index (Phi) is 4.11. The summed E-state index contributed by atoms with van der Waals surface area (Å²) >= 11 is 0. The molecular weight excluding hydrogens is 247 g/mol. The molecule has 98 valence electrons. The minimum absolute atomic E-state index is 0.212. The van der Waals surface area contributed by atoms with Gasteiger partial charge in [0.2, 0.25) is 0 Å². The molecule has 0 aliphatic carbocycles. The molecule has 0 aliphatic rings. The molecule has 2 aromatic rings. The van der Waals surface area contributed by atoms with Crippen LogP contribution in [0.3, 0.4) is 0 Å². The van der Waals surface area contributed by atoms with Crippen LogP contribution < -0.4 is 10.5 Å². The van der Waals surface area contributed by atoms with Crippen molar-refractivity contribution in [1.82, 2.24) is 14.8 Å². The Hall–Kier alpha value is -2.39. The molecule has 0 unspecified atom stereocenters. The zero-order chi connectivity index (χ0) is 13.7. The van der Waals surface area contributed by atoms with Gasteiger partial charge in [-0.2, -0.15) is 5.10 Å². The summed E-state index contributed by atoms with van der Waals surface area (Å²) in [6.45, 7) is 0.440. The molecule has 0 fully saturated rings. The largest absolute Gasteiger partial charge is 0.485 e. The highest BCUT2D eigenvalue weighted by molar-refractivity contribution is 5.40. The maximum Gasteiger partial charge on any atom is 0.164 e. The monoisotopic (exact) mass is 260 g/mol. The molecule has 0 radical (unpaired) electrons. The highest BCUT2D eigenvalue weighted by atomic mass is 19.1. The first-order valence-electron chi connectivity index (χ1n) is 5.64. The van der Waals surface area contributed by atoms with Gasteiger partial charge in [-0.1, -0.05) is 11.8 Å². The van der Waals surface area contributed by atoms with Crippen LogP contribution in [-0.2, 0) is 13.7 Å². The van der Waals surface area contributed by atoms with Crippen molar-refractivity contribution in [1.29, 1.82) is 0 Å². The Labute approximate surface area is 110 Å². The lowest BCUT2D eigenvalue weighted by atomic mass is 10.2. The van der Waals surface area contributed by atoms with Crippen molar-refractivity contribution in [3.05, 3.63) is 41.7 Å². The third kappa shape index (κ3) is 3.53. The number of halogens is 1. The second-order valence-electron chi connectivity index (χ2n) is 3.77. The van der Waals surface area contributed by atoms with Crippen molar-refractivity contribution in [3.63, 3.8) is 0 Å².